The second-order valence-electron chi connectivity index (χ2n) is 6.65. The Labute approximate surface area is 173 Å². The highest BCUT2D eigenvalue weighted by atomic mass is 35.5. The first-order valence-electron chi connectivity index (χ1n) is 8.70. The van der Waals surface area contributed by atoms with Gasteiger partial charge in [0.1, 0.15) is 11.6 Å². The van der Waals surface area contributed by atoms with E-state index in [0.29, 0.717) is 21.8 Å². The minimum Gasteiger partial charge on any atom is -0.478 e. The smallest absolute Gasteiger partial charge is 0.282 e. The van der Waals surface area contributed by atoms with Gasteiger partial charge < -0.3 is 4.74 Å². The molecule has 0 aliphatic carbocycles. The molecule has 0 saturated carbocycles. The Morgan fingerprint density at radius 1 is 1.14 bits per heavy atom. The predicted octanol–water partition coefficient (Wildman–Crippen LogP) is 4.46. The van der Waals surface area contributed by atoms with E-state index >= 15 is 0 Å². The van der Waals surface area contributed by atoms with E-state index in [-0.39, 0.29) is 5.91 Å². The van der Waals surface area contributed by atoms with Gasteiger partial charge in [-0.15, -0.1) is 10.2 Å². The Hall–Kier alpha value is -2.51. The number of amides is 1. The molecule has 0 fully saturated rings. The summed E-state index contributed by atoms with van der Waals surface area (Å²) in [6.45, 7) is 5.19. The molecular formula is C20H21ClN4O2S. The number of carbonyl (C=O) groups is 1. The number of benzene rings is 2. The third kappa shape index (κ3) is 5.05. The molecule has 6 nitrogen and oxygen atoms in total. The third-order valence-corrected chi connectivity index (χ3v) is 5.20. The fraction of sp³-hybridized carbons (Fsp3) is 0.250. The van der Waals surface area contributed by atoms with Crippen molar-refractivity contribution in [1.29, 1.82) is 0 Å². The number of thioether (sulfide) groups is 1. The van der Waals surface area contributed by atoms with Crippen LogP contribution in [0.5, 0.6) is 5.75 Å². The maximum Gasteiger partial charge on any atom is 0.282 e. The topological polar surface area (TPSA) is 69.0 Å². The van der Waals surface area contributed by atoms with Crippen LogP contribution in [-0.4, -0.2) is 26.4 Å². The van der Waals surface area contributed by atoms with Gasteiger partial charge in [-0.2, -0.15) is 0 Å². The van der Waals surface area contributed by atoms with Gasteiger partial charge in [0, 0.05) is 10.8 Å². The van der Waals surface area contributed by atoms with Gasteiger partial charge in [-0.05, 0) is 50.6 Å². The summed E-state index contributed by atoms with van der Waals surface area (Å²) in [6.07, 6.45) is 0. The van der Waals surface area contributed by atoms with E-state index in [2.05, 4.69) is 15.6 Å². The maximum atomic E-state index is 12.8. The summed E-state index contributed by atoms with van der Waals surface area (Å²) in [5, 5.41) is 9.46. The van der Waals surface area contributed by atoms with Crippen molar-refractivity contribution in [3.63, 3.8) is 0 Å². The van der Waals surface area contributed by atoms with Crippen molar-refractivity contribution >= 4 is 29.3 Å². The molecule has 1 N–H and O–H groups in total. The second-order valence-corrected chi connectivity index (χ2v) is 8.03. The van der Waals surface area contributed by atoms with E-state index < -0.39 is 5.60 Å². The van der Waals surface area contributed by atoms with Crippen molar-refractivity contribution in [3.05, 3.63) is 71.0 Å². The van der Waals surface area contributed by atoms with Crippen molar-refractivity contribution in [2.45, 2.75) is 37.3 Å². The highest BCUT2D eigenvalue weighted by Crippen LogP contribution is 2.23. The fourth-order valence-electron chi connectivity index (χ4n) is 2.37. The molecule has 8 heteroatoms. The van der Waals surface area contributed by atoms with Crippen LogP contribution in [0.1, 0.15) is 25.2 Å². The Kier molecular flexibility index (Phi) is 6.26. The van der Waals surface area contributed by atoms with E-state index in [1.54, 1.807) is 49.7 Å². The summed E-state index contributed by atoms with van der Waals surface area (Å²) in [7, 11) is 0. The molecule has 2 aromatic carbocycles. The third-order valence-electron chi connectivity index (χ3n) is 3.95. The van der Waals surface area contributed by atoms with Crippen LogP contribution in [0.4, 0.5) is 0 Å². The summed E-state index contributed by atoms with van der Waals surface area (Å²) >= 11 is 7.39. The molecule has 0 radical (unpaired) electrons. The van der Waals surface area contributed by atoms with Gasteiger partial charge in [-0.25, -0.2) is 4.68 Å². The summed E-state index contributed by atoms with van der Waals surface area (Å²) in [4.78, 5) is 12.8. The lowest BCUT2D eigenvalue weighted by Gasteiger charge is -2.26. The maximum absolute atomic E-state index is 12.8. The van der Waals surface area contributed by atoms with Gasteiger partial charge in [0.15, 0.2) is 5.60 Å². The lowest BCUT2D eigenvalue weighted by atomic mass is 10.1. The van der Waals surface area contributed by atoms with Crippen molar-refractivity contribution in [2.75, 3.05) is 5.43 Å². The van der Waals surface area contributed by atoms with Gasteiger partial charge >= 0.3 is 0 Å². The Morgan fingerprint density at radius 3 is 2.50 bits per heavy atom. The van der Waals surface area contributed by atoms with E-state index in [9.17, 15) is 4.79 Å². The number of ether oxygens (including phenoxy) is 1. The number of nitrogens with zero attached hydrogens (tertiary/aromatic N) is 3. The quantitative estimate of drug-likeness (QED) is 0.576. The number of carbonyl (C=O) groups excluding carboxylic acids is 1. The number of halogens is 1. The SMILES string of the molecule is Cc1nnc(SCc2ccccc2)n1NC(=O)C(C)(C)Oc1ccc(Cl)cc1. The van der Waals surface area contributed by atoms with E-state index in [1.807, 2.05) is 30.3 Å². The molecule has 3 aromatic rings. The molecule has 0 bridgehead atoms. The average Bonchev–Trinajstić information content (AvgIpc) is 3.02. The molecule has 0 atom stereocenters. The summed E-state index contributed by atoms with van der Waals surface area (Å²) in [6, 6.07) is 16.9. The lowest BCUT2D eigenvalue weighted by Crippen LogP contribution is -2.45. The van der Waals surface area contributed by atoms with Crippen molar-refractivity contribution in [1.82, 2.24) is 14.9 Å². The highest BCUT2D eigenvalue weighted by molar-refractivity contribution is 7.98. The van der Waals surface area contributed by atoms with Crippen LogP contribution in [0.3, 0.4) is 0 Å². The predicted molar refractivity (Wildman–Crippen MR) is 111 cm³/mol. The van der Waals surface area contributed by atoms with Crippen LogP contribution in [0.25, 0.3) is 0 Å². The van der Waals surface area contributed by atoms with Crippen molar-refractivity contribution < 1.29 is 9.53 Å². The summed E-state index contributed by atoms with van der Waals surface area (Å²) in [5.41, 5.74) is 2.91. The minimum atomic E-state index is -1.11. The number of hydrogen-bond acceptors (Lipinski definition) is 5. The van der Waals surface area contributed by atoms with Crippen molar-refractivity contribution in [2.24, 2.45) is 0 Å². The molecule has 1 amide bonds. The number of rotatable bonds is 7. The molecular weight excluding hydrogens is 396 g/mol. The minimum absolute atomic E-state index is 0.313. The zero-order chi connectivity index (χ0) is 20.1. The number of aryl methyl sites for hydroxylation is 1. The van der Waals surface area contributed by atoms with Crippen LogP contribution < -0.4 is 10.2 Å². The van der Waals surface area contributed by atoms with Crippen LogP contribution in [-0.2, 0) is 10.5 Å². The lowest BCUT2D eigenvalue weighted by molar-refractivity contribution is -0.129. The van der Waals surface area contributed by atoms with Crippen LogP contribution in [0.2, 0.25) is 5.02 Å². The van der Waals surface area contributed by atoms with E-state index in [0.717, 1.165) is 11.3 Å². The van der Waals surface area contributed by atoms with Gasteiger partial charge in [-0.3, -0.25) is 10.2 Å². The van der Waals surface area contributed by atoms with Crippen molar-refractivity contribution in [3.8, 4) is 5.75 Å². The molecule has 3 rings (SSSR count). The van der Waals surface area contributed by atoms with Crippen LogP contribution in [0, 0.1) is 6.92 Å². The Morgan fingerprint density at radius 2 is 1.82 bits per heavy atom. The van der Waals surface area contributed by atoms with Crippen LogP contribution in [0.15, 0.2) is 59.8 Å². The number of hydrogen-bond donors (Lipinski definition) is 1. The molecule has 28 heavy (non-hydrogen) atoms. The van der Waals surface area contributed by atoms with Gasteiger partial charge in [0.25, 0.3) is 5.91 Å². The highest BCUT2D eigenvalue weighted by Gasteiger charge is 2.31. The largest absolute Gasteiger partial charge is 0.478 e. The first-order chi connectivity index (χ1) is 13.3. The molecule has 0 unspecified atom stereocenters. The van der Waals surface area contributed by atoms with Gasteiger partial charge in [0.05, 0.1) is 0 Å². The molecule has 0 spiro atoms. The Bertz CT molecular complexity index is 943. The monoisotopic (exact) mass is 416 g/mol. The van der Waals surface area contributed by atoms with Gasteiger partial charge in [-0.1, -0.05) is 53.7 Å². The summed E-state index contributed by atoms with van der Waals surface area (Å²) < 4.78 is 7.43. The van der Waals surface area contributed by atoms with E-state index in [1.165, 1.54) is 11.8 Å². The van der Waals surface area contributed by atoms with E-state index in [4.69, 9.17) is 16.3 Å². The molecule has 0 saturated heterocycles. The molecule has 0 aliphatic rings. The fourth-order valence-corrected chi connectivity index (χ4v) is 3.39. The standard InChI is InChI=1S/C20H21ClN4O2S/c1-14-22-23-19(28-13-15-7-5-4-6-8-15)25(14)24-18(26)20(2,3)27-17-11-9-16(21)10-12-17/h4-12H,13H2,1-3H3,(H,24,26). The average molecular weight is 417 g/mol. The zero-order valence-corrected chi connectivity index (χ0v) is 17.4. The molecule has 1 aromatic heterocycles. The number of nitrogens with one attached hydrogen (secondary N) is 1. The molecule has 1 heterocycles. The first-order valence-corrected chi connectivity index (χ1v) is 10.1. The normalized spacial score (nSPS) is 11.3. The van der Waals surface area contributed by atoms with Gasteiger partial charge in [0.2, 0.25) is 5.16 Å². The Balaban J connectivity index is 1.69. The summed E-state index contributed by atoms with van der Waals surface area (Å²) in [5.74, 6) is 1.56. The molecule has 0 aliphatic heterocycles. The molecule has 146 valence electrons. The first kappa shape index (κ1) is 20.2. The number of aromatic nitrogens is 3. The zero-order valence-electron chi connectivity index (χ0n) is 15.8. The second kappa shape index (κ2) is 8.67. The van der Waals surface area contributed by atoms with Crippen LogP contribution >= 0.6 is 23.4 Å².